The quantitative estimate of drug-likeness (QED) is 0.530. The molecule has 0 saturated heterocycles. The molecule has 0 aromatic heterocycles. The lowest BCUT2D eigenvalue weighted by Gasteiger charge is -1.96. The molecule has 0 atom stereocenters. The summed E-state index contributed by atoms with van der Waals surface area (Å²) >= 11 is 7.32. The normalized spacial score (nSPS) is 9.27. The van der Waals surface area contributed by atoms with Gasteiger partial charge in [-0.15, -0.1) is 0 Å². The van der Waals surface area contributed by atoms with Crippen molar-refractivity contribution in [1.29, 1.82) is 5.26 Å². The Morgan fingerprint density at radius 1 is 1.55 bits per heavy atom. The predicted molar refractivity (Wildman–Crippen MR) is 48.8 cm³/mol. The van der Waals surface area contributed by atoms with Crippen LogP contribution in [0.3, 0.4) is 0 Å². The molecule has 0 radical (unpaired) electrons. The minimum atomic E-state index is -0.491. The van der Waals surface area contributed by atoms with Crippen molar-refractivity contribution < 1.29 is 4.39 Å². The molecule has 4 heteroatoms. The van der Waals surface area contributed by atoms with Crippen molar-refractivity contribution in [2.75, 3.05) is 0 Å². The summed E-state index contributed by atoms with van der Waals surface area (Å²) in [6.07, 6.45) is 0. The molecule has 0 N–H and O–H groups in total. The SMILES string of the molecule is N#Cc1cc(Cl)c(F)cc1I. The molecule has 0 aliphatic carbocycles. The van der Waals surface area contributed by atoms with Crippen molar-refractivity contribution in [2.45, 2.75) is 0 Å². The first kappa shape index (κ1) is 8.75. The monoisotopic (exact) mass is 281 g/mol. The zero-order valence-electron chi connectivity index (χ0n) is 5.24. The van der Waals surface area contributed by atoms with E-state index in [9.17, 15) is 4.39 Å². The van der Waals surface area contributed by atoms with E-state index in [0.29, 0.717) is 9.13 Å². The van der Waals surface area contributed by atoms with Gasteiger partial charge in [-0.2, -0.15) is 5.26 Å². The summed E-state index contributed by atoms with van der Waals surface area (Å²) in [5.74, 6) is -0.491. The molecule has 0 saturated carbocycles. The average Bonchev–Trinajstić information content (AvgIpc) is 1.97. The fourth-order valence-corrected chi connectivity index (χ4v) is 1.32. The lowest BCUT2D eigenvalue weighted by molar-refractivity contribution is 0.627. The van der Waals surface area contributed by atoms with Crippen LogP contribution in [-0.4, -0.2) is 0 Å². The summed E-state index contributed by atoms with van der Waals surface area (Å²) in [6, 6.07) is 4.46. The first-order valence-corrected chi connectivity index (χ1v) is 4.15. The van der Waals surface area contributed by atoms with Crippen molar-refractivity contribution >= 4 is 34.2 Å². The van der Waals surface area contributed by atoms with Crippen LogP contribution in [0.4, 0.5) is 4.39 Å². The third kappa shape index (κ3) is 1.82. The smallest absolute Gasteiger partial charge is 0.142 e. The van der Waals surface area contributed by atoms with Crippen LogP contribution < -0.4 is 0 Å². The van der Waals surface area contributed by atoms with Gasteiger partial charge >= 0.3 is 0 Å². The zero-order valence-corrected chi connectivity index (χ0v) is 8.15. The minimum absolute atomic E-state index is 0.0121. The highest BCUT2D eigenvalue weighted by Crippen LogP contribution is 2.20. The van der Waals surface area contributed by atoms with E-state index in [0.717, 1.165) is 0 Å². The highest BCUT2D eigenvalue weighted by molar-refractivity contribution is 14.1. The van der Waals surface area contributed by atoms with Gasteiger partial charge in [0.1, 0.15) is 11.9 Å². The maximum Gasteiger partial charge on any atom is 0.142 e. The van der Waals surface area contributed by atoms with Gasteiger partial charge in [-0.25, -0.2) is 4.39 Å². The third-order valence-electron chi connectivity index (χ3n) is 1.13. The maximum atomic E-state index is 12.6. The molecule has 0 bridgehead atoms. The standard InChI is InChI=1S/C7H2ClFIN/c8-5-1-4(3-11)7(10)2-6(5)9/h1-2H. The number of hydrogen-bond acceptors (Lipinski definition) is 1. The number of hydrogen-bond donors (Lipinski definition) is 0. The molecule has 0 aliphatic rings. The average molecular weight is 281 g/mol. The van der Waals surface area contributed by atoms with E-state index in [4.69, 9.17) is 16.9 Å². The molecule has 0 heterocycles. The minimum Gasteiger partial charge on any atom is -0.205 e. The molecular weight excluding hydrogens is 279 g/mol. The Morgan fingerprint density at radius 2 is 2.18 bits per heavy atom. The number of rotatable bonds is 0. The molecule has 1 aromatic carbocycles. The molecule has 1 nitrogen and oxygen atoms in total. The van der Waals surface area contributed by atoms with Crippen molar-refractivity contribution in [3.63, 3.8) is 0 Å². The Bertz CT molecular complexity index is 332. The van der Waals surface area contributed by atoms with E-state index < -0.39 is 5.82 Å². The van der Waals surface area contributed by atoms with Crippen LogP contribution >= 0.6 is 34.2 Å². The molecule has 1 rings (SSSR count). The molecule has 1 aromatic rings. The topological polar surface area (TPSA) is 23.8 Å². The van der Waals surface area contributed by atoms with Gasteiger partial charge in [0.2, 0.25) is 0 Å². The molecule has 56 valence electrons. The van der Waals surface area contributed by atoms with Gasteiger partial charge in [0.25, 0.3) is 0 Å². The fourth-order valence-electron chi connectivity index (χ4n) is 0.608. The first-order valence-electron chi connectivity index (χ1n) is 2.70. The Kier molecular flexibility index (Phi) is 2.68. The van der Waals surface area contributed by atoms with Crippen LogP contribution in [0.25, 0.3) is 0 Å². The first-order chi connectivity index (χ1) is 5.15. The van der Waals surface area contributed by atoms with E-state index in [2.05, 4.69) is 0 Å². The molecule has 0 unspecified atom stereocenters. The van der Waals surface area contributed by atoms with Crippen LogP contribution in [-0.2, 0) is 0 Å². The Balaban J connectivity index is 3.35. The summed E-state index contributed by atoms with van der Waals surface area (Å²) in [6.45, 7) is 0. The van der Waals surface area contributed by atoms with Gasteiger partial charge in [-0.1, -0.05) is 11.6 Å². The van der Waals surface area contributed by atoms with E-state index in [1.807, 2.05) is 28.7 Å². The summed E-state index contributed by atoms with van der Waals surface area (Å²) in [5, 5.41) is 8.49. The van der Waals surface area contributed by atoms with E-state index in [-0.39, 0.29) is 5.02 Å². The molecule has 11 heavy (non-hydrogen) atoms. The van der Waals surface area contributed by atoms with Crippen molar-refractivity contribution in [2.24, 2.45) is 0 Å². The zero-order chi connectivity index (χ0) is 8.43. The van der Waals surface area contributed by atoms with Crippen LogP contribution in [0.2, 0.25) is 5.02 Å². The van der Waals surface area contributed by atoms with Crippen molar-refractivity contribution in [3.05, 3.63) is 32.1 Å². The lowest BCUT2D eigenvalue weighted by Crippen LogP contribution is -1.85. The second-order valence-electron chi connectivity index (χ2n) is 1.86. The second-order valence-corrected chi connectivity index (χ2v) is 3.43. The van der Waals surface area contributed by atoms with Crippen LogP contribution in [0.1, 0.15) is 5.56 Å². The largest absolute Gasteiger partial charge is 0.205 e. The third-order valence-corrected chi connectivity index (χ3v) is 2.31. The summed E-state index contributed by atoms with van der Waals surface area (Å²) in [5.41, 5.74) is 0.400. The summed E-state index contributed by atoms with van der Waals surface area (Å²) in [7, 11) is 0. The van der Waals surface area contributed by atoms with Crippen LogP contribution in [0.15, 0.2) is 12.1 Å². The number of halogens is 3. The van der Waals surface area contributed by atoms with Crippen LogP contribution in [0.5, 0.6) is 0 Å². The number of nitrogens with zero attached hydrogens (tertiary/aromatic N) is 1. The molecule has 0 spiro atoms. The Morgan fingerprint density at radius 3 is 2.73 bits per heavy atom. The van der Waals surface area contributed by atoms with Crippen molar-refractivity contribution in [1.82, 2.24) is 0 Å². The lowest BCUT2D eigenvalue weighted by atomic mass is 10.2. The van der Waals surface area contributed by atoms with Gasteiger partial charge in [0.15, 0.2) is 0 Å². The molecule has 0 fully saturated rings. The second kappa shape index (κ2) is 3.37. The molecule has 0 amide bonds. The molecule has 0 aliphatic heterocycles. The van der Waals surface area contributed by atoms with E-state index in [1.54, 1.807) is 0 Å². The van der Waals surface area contributed by atoms with Gasteiger partial charge in [-0.05, 0) is 34.7 Å². The van der Waals surface area contributed by atoms with Gasteiger partial charge in [0.05, 0.1) is 10.6 Å². The van der Waals surface area contributed by atoms with E-state index >= 15 is 0 Å². The highest BCUT2D eigenvalue weighted by atomic mass is 127. The van der Waals surface area contributed by atoms with Gasteiger partial charge in [0, 0.05) is 3.57 Å². The Hall–Kier alpha value is -0.340. The summed E-state index contributed by atoms with van der Waals surface area (Å²) in [4.78, 5) is 0. The number of nitriles is 1. The number of benzene rings is 1. The fraction of sp³-hybridized carbons (Fsp3) is 0. The van der Waals surface area contributed by atoms with E-state index in [1.165, 1.54) is 12.1 Å². The Labute approximate surface area is 81.9 Å². The maximum absolute atomic E-state index is 12.6. The summed E-state index contributed by atoms with van der Waals surface area (Å²) < 4.78 is 13.2. The van der Waals surface area contributed by atoms with Gasteiger partial charge < -0.3 is 0 Å². The van der Waals surface area contributed by atoms with Crippen molar-refractivity contribution in [3.8, 4) is 6.07 Å². The van der Waals surface area contributed by atoms with Gasteiger partial charge in [-0.3, -0.25) is 0 Å². The molecular formula is C7H2ClFIN. The van der Waals surface area contributed by atoms with Crippen LogP contribution in [0, 0.1) is 20.7 Å². The highest BCUT2D eigenvalue weighted by Gasteiger charge is 2.04. The predicted octanol–water partition coefficient (Wildman–Crippen LogP) is 2.96.